The van der Waals surface area contributed by atoms with Gasteiger partial charge in [-0.3, -0.25) is 4.79 Å². The second-order valence-electron chi connectivity index (χ2n) is 8.63. The molecule has 2 aliphatic rings. The molecule has 9 heteroatoms. The number of likely N-dealkylation sites (N-methyl/N-ethyl adjacent to an activating group) is 1. The van der Waals surface area contributed by atoms with E-state index in [-0.39, 0.29) is 15.5 Å². The highest BCUT2D eigenvalue weighted by Gasteiger charge is 2.29. The molecule has 0 aliphatic carbocycles. The molecule has 2 aromatic carbocycles. The molecule has 0 aromatic heterocycles. The van der Waals surface area contributed by atoms with Crippen molar-refractivity contribution in [3.63, 3.8) is 0 Å². The normalized spacial score (nSPS) is 18.0. The van der Waals surface area contributed by atoms with Gasteiger partial charge >= 0.3 is 0 Å². The van der Waals surface area contributed by atoms with Gasteiger partial charge in [-0.2, -0.15) is 4.31 Å². The molecular formula is C24H31ClN4O3S. The fraction of sp³-hybridized carbons (Fsp3) is 0.458. The quantitative estimate of drug-likeness (QED) is 0.666. The van der Waals surface area contributed by atoms with Crippen molar-refractivity contribution in [1.29, 1.82) is 0 Å². The predicted octanol–water partition coefficient (Wildman–Crippen LogP) is 3.83. The third-order valence-electron chi connectivity index (χ3n) is 6.53. The molecule has 1 amide bonds. The smallest absolute Gasteiger partial charge is 0.257 e. The van der Waals surface area contributed by atoms with Gasteiger partial charge in [0.1, 0.15) is 0 Å². The topological polar surface area (TPSA) is 73.0 Å². The SMILES string of the molecule is CCN1CCN(S(=O)(=O)c2ccc(Cl)c(C(=O)Nc3ccc(N4CCCC4)cc3C)c2)CC1. The van der Waals surface area contributed by atoms with Gasteiger partial charge in [0.15, 0.2) is 0 Å². The van der Waals surface area contributed by atoms with Crippen molar-refractivity contribution in [2.24, 2.45) is 0 Å². The van der Waals surface area contributed by atoms with Crippen molar-refractivity contribution in [3.05, 3.63) is 52.5 Å². The summed E-state index contributed by atoms with van der Waals surface area (Å²) in [7, 11) is -3.70. The summed E-state index contributed by atoms with van der Waals surface area (Å²) >= 11 is 6.30. The van der Waals surface area contributed by atoms with E-state index >= 15 is 0 Å². The molecule has 0 radical (unpaired) electrons. The molecule has 0 atom stereocenters. The number of nitrogens with zero attached hydrogens (tertiary/aromatic N) is 3. The number of nitrogens with one attached hydrogen (secondary N) is 1. The number of rotatable bonds is 6. The Bertz CT molecular complexity index is 1120. The maximum atomic E-state index is 13.2. The molecule has 2 saturated heterocycles. The summed E-state index contributed by atoms with van der Waals surface area (Å²) in [5.74, 6) is -0.426. The van der Waals surface area contributed by atoms with Crippen LogP contribution in [0.4, 0.5) is 11.4 Å². The molecule has 2 fully saturated rings. The van der Waals surface area contributed by atoms with Crippen LogP contribution in [0.25, 0.3) is 0 Å². The molecule has 33 heavy (non-hydrogen) atoms. The summed E-state index contributed by atoms with van der Waals surface area (Å²) < 4.78 is 27.8. The van der Waals surface area contributed by atoms with Gasteiger partial charge in [-0.1, -0.05) is 18.5 Å². The number of carbonyl (C=O) groups excluding carboxylic acids is 1. The van der Waals surface area contributed by atoms with E-state index in [9.17, 15) is 13.2 Å². The van der Waals surface area contributed by atoms with Crippen LogP contribution in [-0.2, 0) is 10.0 Å². The van der Waals surface area contributed by atoms with Crippen LogP contribution < -0.4 is 10.2 Å². The van der Waals surface area contributed by atoms with Crippen molar-refractivity contribution in [2.45, 2.75) is 31.6 Å². The largest absolute Gasteiger partial charge is 0.372 e. The van der Waals surface area contributed by atoms with Gasteiger partial charge in [0.25, 0.3) is 5.91 Å². The van der Waals surface area contributed by atoms with E-state index < -0.39 is 15.9 Å². The van der Waals surface area contributed by atoms with Crippen molar-refractivity contribution < 1.29 is 13.2 Å². The number of halogens is 1. The number of hydrogen-bond acceptors (Lipinski definition) is 5. The van der Waals surface area contributed by atoms with Crippen LogP contribution in [-0.4, -0.2) is 69.3 Å². The highest BCUT2D eigenvalue weighted by atomic mass is 35.5. The standard InChI is InChI=1S/C24H31ClN4O3S/c1-3-27-12-14-29(15-13-27)33(31,32)20-7-8-22(25)21(17-20)24(30)26-23-9-6-19(16-18(23)2)28-10-4-5-11-28/h6-9,16-17H,3-5,10-15H2,1-2H3,(H,26,30). The van der Waals surface area contributed by atoms with Gasteiger partial charge in [-0.05, 0) is 68.3 Å². The fourth-order valence-corrected chi connectivity index (χ4v) is 6.08. The van der Waals surface area contributed by atoms with Crippen LogP contribution in [0.5, 0.6) is 0 Å². The van der Waals surface area contributed by atoms with Crippen molar-refractivity contribution >= 4 is 38.9 Å². The van der Waals surface area contributed by atoms with Crippen LogP contribution in [0, 0.1) is 6.92 Å². The lowest BCUT2D eigenvalue weighted by Gasteiger charge is -2.33. The Labute approximate surface area is 201 Å². The maximum absolute atomic E-state index is 13.2. The first-order valence-corrected chi connectivity index (χ1v) is 13.3. The molecule has 2 aromatic rings. The zero-order valence-electron chi connectivity index (χ0n) is 19.2. The van der Waals surface area contributed by atoms with E-state index in [4.69, 9.17) is 11.6 Å². The Balaban J connectivity index is 1.52. The highest BCUT2D eigenvalue weighted by Crippen LogP contribution is 2.28. The van der Waals surface area contributed by atoms with Crippen LogP contribution in [0.2, 0.25) is 5.02 Å². The Kier molecular flexibility index (Phi) is 7.28. The minimum atomic E-state index is -3.70. The summed E-state index contributed by atoms with van der Waals surface area (Å²) in [5.41, 5.74) is 2.93. The second kappa shape index (κ2) is 10.0. The Morgan fingerprint density at radius 1 is 1.00 bits per heavy atom. The first-order valence-electron chi connectivity index (χ1n) is 11.5. The van der Waals surface area contributed by atoms with Gasteiger partial charge in [0, 0.05) is 50.6 Å². The third kappa shape index (κ3) is 5.19. The fourth-order valence-electron chi connectivity index (χ4n) is 4.42. The molecule has 2 aliphatic heterocycles. The van der Waals surface area contributed by atoms with Crippen molar-refractivity contribution in [1.82, 2.24) is 9.21 Å². The van der Waals surface area contributed by atoms with Gasteiger partial charge in [-0.25, -0.2) is 8.42 Å². The van der Waals surface area contributed by atoms with Gasteiger partial charge in [0.2, 0.25) is 10.0 Å². The van der Waals surface area contributed by atoms with E-state index in [1.807, 2.05) is 19.1 Å². The molecule has 0 bridgehead atoms. The maximum Gasteiger partial charge on any atom is 0.257 e. The summed E-state index contributed by atoms with van der Waals surface area (Å²) in [5, 5.41) is 3.12. The van der Waals surface area contributed by atoms with E-state index in [1.54, 1.807) is 0 Å². The van der Waals surface area contributed by atoms with E-state index in [0.717, 1.165) is 30.9 Å². The molecule has 0 spiro atoms. The van der Waals surface area contributed by atoms with Crippen LogP contribution >= 0.6 is 11.6 Å². The average molecular weight is 491 g/mol. The number of amides is 1. The molecule has 1 N–H and O–H groups in total. The van der Waals surface area contributed by atoms with Crippen molar-refractivity contribution in [2.75, 3.05) is 56.0 Å². The number of anilines is 2. The Hall–Kier alpha value is -2.13. The first kappa shape index (κ1) is 24.0. The summed E-state index contributed by atoms with van der Waals surface area (Å²) in [6.07, 6.45) is 2.40. The zero-order valence-corrected chi connectivity index (χ0v) is 20.8. The predicted molar refractivity (Wildman–Crippen MR) is 133 cm³/mol. The van der Waals surface area contributed by atoms with Crippen molar-refractivity contribution in [3.8, 4) is 0 Å². The van der Waals surface area contributed by atoms with Gasteiger partial charge in [0.05, 0.1) is 15.5 Å². The Morgan fingerprint density at radius 2 is 1.70 bits per heavy atom. The number of hydrogen-bond donors (Lipinski definition) is 1. The lowest BCUT2D eigenvalue weighted by atomic mass is 10.1. The molecule has 4 rings (SSSR count). The molecule has 2 heterocycles. The average Bonchev–Trinajstić information content (AvgIpc) is 3.35. The van der Waals surface area contributed by atoms with Crippen LogP contribution in [0.3, 0.4) is 0 Å². The number of carbonyl (C=O) groups is 1. The number of benzene rings is 2. The molecule has 178 valence electrons. The summed E-state index contributed by atoms with van der Waals surface area (Å²) in [4.78, 5) is 17.7. The minimum Gasteiger partial charge on any atom is -0.372 e. The minimum absolute atomic E-state index is 0.0862. The summed E-state index contributed by atoms with van der Waals surface area (Å²) in [6, 6.07) is 10.3. The number of aryl methyl sites for hydroxylation is 1. The van der Waals surface area contributed by atoms with Crippen LogP contribution in [0.1, 0.15) is 35.7 Å². The first-order chi connectivity index (χ1) is 15.8. The van der Waals surface area contributed by atoms with Gasteiger partial charge < -0.3 is 15.1 Å². The molecular weight excluding hydrogens is 460 g/mol. The monoisotopic (exact) mass is 490 g/mol. The van der Waals surface area contributed by atoms with E-state index in [0.29, 0.717) is 31.9 Å². The van der Waals surface area contributed by atoms with Crippen LogP contribution in [0.15, 0.2) is 41.3 Å². The second-order valence-corrected chi connectivity index (χ2v) is 11.0. The lowest BCUT2D eigenvalue weighted by molar-refractivity contribution is 0.102. The molecule has 0 unspecified atom stereocenters. The summed E-state index contributed by atoms with van der Waals surface area (Å²) in [6.45, 7) is 9.28. The lowest BCUT2D eigenvalue weighted by Crippen LogP contribution is -2.48. The third-order valence-corrected chi connectivity index (χ3v) is 8.75. The number of piperazine rings is 1. The highest BCUT2D eigenvalue weighted by molar-refractivity contribution is 7.89. The molecule has 0 saturated carbocycles. The van der Waals surface area contributed by atoms with E-state index in [2.05, 4.69) is 28.1 Å². The number of sulfonamides is 1. The van der Waals surface area contributed by atoms with E-state index in [1.165, 1.54) is 35.3 Å². The molecule has 7 nitrogen and oxygen atoms in total. The Morgan fingerprint density at radius 3 is 2.33 bits per heavy atom. The zero-order chi connectivity index (χ0) is 23.6. The van der Waals surface area contributed by atoms with Gasteiger partial charge in [-0.15, -0.1) is 0 Å².